The van der Waals surface area contributed by atoms with Crippen LogP contribution in [-0.4, -0.2) is 13.7 Å². The van der Waals surface area contributed by atoms with Crippen LogP contribution in [0.2, 0.25) is 0 Å². The summed E-state index contributed by atoms with van der Waals surface area (Å²) < 4.78 is 20.7. The van der Waals surface area contributed by atoms with Crippen molar-refractivity contribution in [2.24, 2.45) is 0 Å². The number of hydrogen-bond acceptors (Lipinski definition) is 2. The minimum atomic E-state index is -0.325. The van der Waals surface area contributed by atoms with Crippen LogP contribution in [-0.2, 0) is 0 Å². The second kappa shape index (κ2) is 7.56. The summed E-state index contributed by atoms with van der Waals surface area (Å²) in [5, 5.41) is 3.44. The van der Waals surface area contributed by atoms with E-state index in [0.717, 1.165) is 21.2 Å². The van der Waals surface area contributed by atoms with Gasteiger partial charge < -0.3 is 10.1 Å². The molecule has 0 spiro atoms. The molecule has 112 valence electrons. The molecule has 2 aromatic carbocycles. The van der Waals surface area contributed by atoms with Crippen LogP contribution in [0.5, 0.6) is 5.75 Å². The number of nitrogens with one attached hydrogen (secondary N) is 1. The van der Waals surface area contributed by atoms with E-state index in [4.69, 9.17) is 4.74 Å². The molecule has 0 bridgehead atoms. The number of hydrogen-bond donors (Lipinski definition) is 1. The summed E-state index contributed by atoms with van der Waals surface area (Å²) in [5.41, 5.74) is 2.04. The molecule has 1 unspecified atom stereocenters. The van der Waals surface area contributed by atoms with E-state index < -0.39 is 0 Å². The lowest BCUT2D eigenvalue weighted by molar-refractivity contribution is 0.400. The van der Waals surface area contributed by atoms with Crippen LogP contribution in [0.15, 0.2) is 40.9 Å². The van der Waals surface area contributed by atoms with Crippen LogP contribution >= 0.6 is 38.5 Å². The fourth-order valence-electron chi connectivity index (χ4n) is 2.24. The van der Waals surface area contributed by atoms with Crippen molar-refractivity contribution in [3.8, 4) is 5.75 Å². The first-order valence-electron chi connectivity index (χ1n) is 6.58. The van der Waals surface area contributed by atoms with Crippen LogP contribution in [0.25, 0.3) is 0 Å². The molecule has 0 radical (unpaired) electrons. The zero-order chi connectivity index (χ0) is 15.4. The van der Waals surface area contributed by atoms with Crippen LogP contribution in [0.4, 0.5) is 4.39 Å². The fourth-order valence-corrected chi connectivity index (χ4v) is 3.17. The van der Waals surface area contributed by atoms with Crippen molar-refractivity contribution < 1.29 is 9.13 Å². The molecule has 5 heteroatoms. The van der Waals surface area contributed by atoms with Gasteiger partial charge in [-0.15, -0.1) is 0 Å². The highest BCUT2D eigenvalue weighted by atomic mass is 127. The summed E-state index contributed by atoms with van der Waals surface area (Å²) in [6.07, 6.45) is 0. The van der Waals surface area contributed by atoms with Crippen LogP contribution in [0.1, 0.15) is 24.1 Å². The summed E-state index contributed by atoms with van der Waals surface area (Å²) in [6, 6.07) is 11.4. The Hall–Kier alpha value is -0.660. The molecule has 0 amide bonds. The molecule has 21 heavy (non-hydrogen) atoms. The van der Waals surface area contributed by atoms with E-state index in [1.165, 1.54) is 6.07 Å². The highest BCUT2D eigenvalue weighted by Gasteiger charge is 2.19. The lowest BCUT2D eigenvalue weighted by atomic mass is 9.97. The Morgan fingerprint density at radius 1 is 1.33 bits per heavy atom. The average Bonchev–Trinajstić information content (AvgIpc) is 2.47. The summed E-state index contributed by atoms with van der Waals surface area (Å²) in [5.74, 6) is 0.217. The molecule has 0 aliphatic carbocycles. The summed E-state index contributed by atoms with van der Waals surface area (Å²) in [4.78, 5) is 0. The van der Waals surface area contributed by atoms with Crippen LogP contribution < -0.4 is 10.1 Å². The minimum Gasteiger partial charge on any atom is -0.496 e. The van der Waals surface area contributed by atoms with Crippen molar-refractivity contribution in [2.45, 2.75) is 13.0 Å². The predicted molar refractivity (Wildman–Crippen MR) is 95.3 cm³/mol. The standard InChI is InChI=1S/C16H16BrFINO/c1-3-20-16(10-5-4-6-11(19)7-10)12-8-13(17)14(18)9-15(12)21-2/h4-9,16,20H,3H2,1-2H3. The topological polar surface area (TPSA) is 21.3 Å². The zero-order valence-electron chi connectivity index (χ0n) is 11.8. The van der Waals surface area contributed by atoms with Crippen molar-refractivity contribution in [3.63, 3.8) is 0 Å². The van der Waals surface area contributed by atoms with Gasteiger partial charge in [0.25, 0.3) is 0 Å². The molecule has 0 aliphatic heterocycles. The molecule has 2 rings (SSSR count). The van der Waals surface area contributed by atoms with Gasteiger partial charge in [0.05, 0.1) is 17.6 Å². The second-order valence-corrected chi connectivity index (χ2v) is 6.65. The Labute approximate surface area is 146 Å². The summed E-state index contributed by atoms with van der Waals surface area (Å²) >= 11 is 5.54. The van der Waals surface area contributed by atoms with E-state index in [-0.39, 0.29) is 11.9 Å². The monoisotopic (exact) mass is 463 g/mol. The van der Waals surface area contributed by atoms with Crippen molar-refractivity contribution in [2.75, 3.05) is 13.7 Å². The molecule has 0 saturated carbocycles. The largest absolute Gasteiger partial charge is 0.496 e. The van der Waals surface area contributed by atoms with E-state index in [0.29, 0.717) is 10.2 Å². The summed E-state index contributed by atoms with van der Waals surface area (Å²) in [7, 11) is 1.56. The third-order valence-electron chi connectivity index (χ3n) is 3.17. The first-order valence-corrected chi connectivity index (χ1v) is 8.45. The van der Waals surface area contributed by atoms with E-state index in [2.05, 4.69) is 56.0 Å². The van der Waals surface area contributed by atoms with Crippen molar-refractivity contribution in [1.82, 2.24) is 5.32 Å². The van der Waals surface area contributed by atoms with Gasteiger partial charge in [0, 0.05) is 15.2 Å². The Morgan fingerprint density at radius 3 is 2.71 bits per heavy atom. The lowest BCUT2D eigenvalue weighted by Crippen LogP contribution is -2.22. The van der Waals surface area contributed by atoms with Crippen molar-refractivity contribution in [1.29, 1.82) is 0 Å². The third-order valence-corrected chi connectivity index (χ3v) is 4.45. The number of ether oxygens (including phenoxy) is 1. The van der Waals surface area contributed by atoms with Gasteiger partial charge in [0.1, 0.15) is 11.6 Å². The van der Waals surface area contributed by atoms with Crippen LogP contribution in [0, 0.1) is 9.39 Å². The fraction of sp³-hybridized carbons (Fsp3) is 0.250. The molecule has 2 aromatic rings. The molecule has 0 fully saturated rings. The molecule has 0 aliphatic rings. The van der Waals surface area contributed by atoms with Gasteiger partial charge in [-0.25, -0.2) is 4.39 Å². The number of methoxy groups -OCH3 is 1. The maximum Gasteiger partial charge on any atom is 0.141 e. The van der Waals surface area contributed by atoms with Gasteiger partial charge in [-0.1, -0.05) is 19.1 Å². The van der Waals surface area contributed by atoms with Gasteiger partial charge in [-0.2, -0.15) is 0 Å². The highest BCUT2D eigenvalue weighted by molar-refractivity contribution is 14.1. The van der Waals surface area contributed by atoms with Crippen LogP contribution in [0.3, 0.4) is 0 Å². The number of halogens is 3. The maximum absolute atomic E-state index is 13.7. The van der Waals surface area contributed by atoms with Gasteiger partial charge in [-0.3, -0.25) is 0 Å². The lowest BCUT2D eigenvalue weighted by Gasteiger charge is -2.22. The molecule has 0 aromatic heterocycles. The Balaban J connectivity index is 2.55. The predicted octanol–water partition coefficient (Wildman–Crippen LogP) is 4.90. The molecule has 1 N–H and O–H groups in total. The van der Waals surface area contributed by atoms with Gasteiger partial charge in [0.2, 0.25) is 0 Å². The first kappa shape index (κ1) is 16.7. The van der Waals surface area contributed by atoms with Crippen molar-refractivity contribution in [3.05, 3.63) is 61.4 Å². The second-order valence-electron chi connectivity index (χ2n) is 4.55. The van der Waals surface area contributed by atoms with Crippen molar-refractivity contribution >= 4 is 38.5 Å². The zero-order valence-corrected chi connectivity index (χ0v) is 15.5. The van der Waals surface area contributed by atoms with Gasteiger partial charge >= 0.3 is 0 Å². The van der Waals surface area contributed by atoms with Gasteiger partial charge in [0.15, 0.2) is 0 Å². The molecule has 0 saturated heterocycles. The Morgan fingerprint density at radius 2 is 2.10 bits per heavy atom. The number of benzene rings is 2. The average molecular weight is 464 g/mol. The van der Waals surface area contributed by atoms with E-state index in [1.807, 2.05) is 19.1 Å². The van der Waals surface area contributed by atoms with E-state index in [9.17, 15) is 4.39 Å². The number of rotatable bonds is 5. The highest BCUT2D eigenvalue weighted by Crippen LogP contribution is 2.34. The minimum absolute atomic E-state index is 0.0448. The summed E-state index contributed by atoms with van der Waals surface area (Å²) in [6.45, 7) is 2.85. The SMILES string of the molecule is CCNC(c1cccc(I)c1)c1cc(Br)c(F)cc1OC. The van der Waals surface area contributed by atoms with E-state index >= 15 is 0 Å². The third kappa shape index (κ3) is 3.96. The maximum atomic E-state index is 13.7. The molecular formula is C16H16BrFINO. The molecule has 0 heterocycles. The quantitative estimate of drug-likeness (QED) is 0.636. The first-order chi connectivity index (χ1) is 10.1. The Kier molecular flexibility index (Phi) is 6.01. The molecular weight excluding hydrogens is 448 g/mol. The molecule has 1 atom stereocenters. The Bertz CT molecular complexity index is 636. The normalized spacial score (nSPS) is 12.2. The molecule has 2 nitrogen and oxygen atoms in total. The van der Waals surface area contributed by atoms with E-state index in [1.54, 1.807) is 13.2 Å². The smallest absolute Gasteiger partial charge is 0.141 e. The van der Waals surface area contributed by atoms with Gasteiger partial charge in [-0.05, 0) is 68.8 Å².